The first-order chi connectivity index (χ1) is 28.5. The van der Waals surface area contributed by atoms with Crippen molar-refractivity contribution in [3.05, 3.63) is 53.6 Å². The zero-order valence-corrected chi connectivity index (χ0v) is 35.2. The van der Waals surface area contributed by atoms with E-state index in [1.807, 2.05) is 51.1 Å². The maximum absolute atomic E-state index is 13.9. The minimum atomic E-state index is -1.42. The molecule has 7 aliphatic rings. The molecule has 14 nitrogen and oxygen atoms in total. The molecule has 1 aliphatic heterocycles. The number of carbonyl (C=O) groups is 5. The van der Waals surface area contributed by atoms with Crippen molar-refractivity contribution in [2.45, 2.75) is 134 Å². The number of aliphatic hydroxyl groups is 2. The van der Waals surface area contributed by atoms with Crippen LogP contribution < -0.4 is 21.1 Å². The molecule has 8 rings (SSSR count). The van der Waals surface area contributed by atoms with E-state index in [9.17, 15) is 34.2 Å². The lowest BCUT2D eigenvalue weighted by atomic mass is 9.46. The van der Waals surface area contributed by atoms with Crippen molar-refractivity contribution in [1.29, 1.82) is 0 Å². The Morgan fingerprint density at radius 3 is 2.47 bits per heavy atom. The van der Waals surface area contributed by atoms with E-state index in [2.05, 4.69) is 17.6 Å². The number of rotatable bonds is 14. The Labute approximate surface area is 351 Å². The number of ketones is 2. The van der Waals surface area contributed by atoms with Gasteiger partial charge in [0.1, 0.15) is 18.4 Å². The molecule has 1 heterocycles. The summed E-state index contributed by atoms with van der Waals surface area (Å²) in [6.45, 7) is 7.36. The first-order valence-electron chi connectivity index (χ1n) is 21.8. The summed E-state index contributed by atoms with van der Waals surface area (Å²) in [6.07, 6.45) is 8.97. The monoisotopic (exact) mass is 831 g/mol. The highest BCUT2D eigenvalue weighted by Gasteiger charge is 2.76. The fourth-order valence-electron chi connectivity index (χ4n) is 12.6. The van der Waals surface area contributed by atoms with Crippen LogP contribution in [-0.2, 0) is 38.2 Å². The lowest BCUT2D eigenvalue weighted by Gasteiger charge is -2.59. The summed E-state index contributed by atoms with van der Waals surface area (Å²) in [5, 5.41) is 27.9. The number of nitrogens with two attached hydrogens (primary N) is 1. The Balaban J connectivity index is 0.849. The maximum atomic E-state index is 13.9. The van der Waals surface area contributed by atoms with Gasteiger partial charge in [-0.1, -0.05) is 51.5 Å². The number of esters is 1. The molecular formula is C46H61N3O11. The molecule has 60 heavy (non-hydrogen) atoms. The highest BCUT2D eigenvalue weighted by molar-refractivity contribution is 6.01. The van der Waals surface area contributed by atoms with E-state index >= 15 is 0 Å². The summed E-state index contributed by atoms with van der Waals surface area (Å²) in [4.78, 5) is 63.5. The Hall–Kier alpha value is -3.95. The molecule has 1 aromatic carbocycles. The number of aliphatic hydroxyl groups excluding tert-OH is 2. The van der Waals surface area contributed by atoms with Crippen molar-refractivity contribution < 1.29 is 53.1 Å². The highest BCUT2D eigenvalue weighted by Crippen LogP contribution is 2.70. The number of hydrogen-bond donors (Lipinski definition) is 5. The van der Waals surface area contributed by atoms with Crippen LogP contribution in [0.3, 0.4) is 0 Å². The van der Waals surface area contributed by atoms with Gasteiger partial charge in [-0.2, -0.15) is 0 Å². The van der Waals surface area contributed by atoms with Gasteiger partial charge in [-0.25, -0.2) is 0 Å². The molecule has 326 valence electrons. The Bertz CT molecular complexity index is 1930. The van der Waals surface area contributed by atoms with Crippen molar-refractivity contribution in [3.8, 4) is 5.75 Å². The van der Waals surface area contributed by atoms with E-state index in [1.165, 1.54) is 0 Å². The van der Waals surface area contributed by atoms with Gasteiger partial charge in [0.2, 0.25) is 11.8 Å². The Morgan fingerprint density at radius 1 is 1.05 bits per heavy atom. The van der Waals surface area contributed by atoms with Gasteiger partial charge in [0, 0.05) is 34.8 Å². The van der Waals surface area contributed by atoms with E-state index in [4.69, 9.17) is 24.7 Å². The molecule has 0 unspecified atom stereocenters. The molecule has 0 aromatic heterocycles. The predicted octanol–water partition coefficient (Wildman–Crippen LogP) is 3.52. The second-order valence-electron chi connectivity index (χ2n) is 19.6. The first kappa shape index (κ1) is 42.7. The number of Topliss-reactive ketones (excluding diaryl/α,β-unsaturated/α-hetero) is 1. The molecule has 6 N–H and O–H groups in total. The van der Waals surface area contributed by atoms with Crippen LogP contribution in [0.4, 0.5) is 0 Å². The third-order valence-corrected chi connectivity index (χ3v) is 15.3. The summed E-state index contributed by atoms with van der Waals surface area (Å²) in [6, 6.07) is 6.58. The van der Waals surface area contributed by atoms with Crippen LogP contribution in [-0.4, -0.2) is 95.3 Å². The zero-order chi connectivity index (χ0) is 42.8. The minimum absolute atomic E-state index is 0.00418. The van der Waals surface area contributed by atoms with Gasteiger partial charge in [0.05, 0.1) is 31.5 Å². The highest BCUT2D eigenvalue weighted by atomic mass is 16.7. The van der Waals surface area contributed by atoms with Gasteiger partial charge in [-0.3, -0.25) is 24.0 Å². The Kier molecular flexibility index (Phi) is 11.4. The van der Waals surface area contributed by atoms with Gasteiger partial charge in [0.25, 0.3) is 0 Å². The number of fused-ring (bicyclic) bond motifs is 7. The molecule has 1 saturated heterocycles. The van der Waals surface area contributed by atoms with Gasteiger partial charge < -0.3 is 45.5 Å². The molecule has 14 heteroatoms. The van der Waals surface area contributed by atoms with Crippen LogP contribution in [0, 0.1) is 39.9 Å². The largest absolute Gasteiger partial charge is 0.490 e. The number of hydrogen-bond acceptors (Lipinski definition) is 12. The molecule has 0 radical (unpaired) electrons. The third kappa shape index (κ3) is 7.33. The van der Waals surface area contributed by atoms with Gasteiger partial charge in [-0.05, 0) is 105 Å². The summed E-state index contributed by atoms with van der Waals surface area (Å²) < 4.78 is 24.9. The number of nitrogens with one attached hydrogen (secondary N) is 2. The van der Waals surface area contributed by atoms with Gasteiger partial charge >= 0.3 is 5.97 Å². The van der Waals surface area contributed by atoms with E-state index in [1.54, 1.807) is 12.2 Å². The van der Waals surface area contributed by atoms with Crippen molar-refractivity contribution in [3.63, 3.8) is 0 Å². The average molecular weight is 832 g/mol. The summed E-state index contributed by atoms with van der Waals surface area (Å²) in [7, 11) is 0. The van der Waals surface area contributed by atoms with Crippen LogP contribution in [0.2, 0.25) is 0 Å². The van der Waals surface area contributed by atoms with Crippen molar-refractivity contribution >= 4 is 29.4 Å². The van der Waals surface area contributed by atoms with Gasteiger partial charge in [-0.15, -0.1) is 0 Å². The second kappa shape index (κ2) is 16.1. The molecule has 6 aliphatic carbocycles. The van der Waals surface area contributed by atoms with Crippen molar-refractivity contribution in [2.75, 3.05) is 19.8 Å². The Morgan fingerprint density at radius 2 is 1.78 bits per heavy atom. The number of allylic oxidation sites excluding steroid dienone is 4. The summed E-state index contributed by atoms with van der Waals surface area (Å²) in [5.74, 6) is -0.796. The number of carbonyl (C=O) groups excluding carboxylic acids is 5. The summed E-state index contributed by atoms with van der Waals surface area (Å²) >= 11 is 0. The van der Waals surface area contributed by atoms with Crippen LogP contribution >= 0.6 is 0 Å². The normalized spacial score (nSPS) is 38.9. The zero-order valence-electron chi connectivity index (χ0n) is 35.2. The molecular weight excluding hydrogens is 771 g/mol. The smallest absolute Gasteiger partial charge is 0.305 e. The summed E-state index contributed by atoms with van der Waals surface area (Å²) in [5.41, 5.74) is 4.69. The molecule has 10 atom stereocenters. The number of benzene rings is 1. The lowest BCUT2D eigenvalue weighted by Crippen LogP contribution is -2.63. The molecule has 5 saturated carbocycles. The standard InChI is InChI=1S/C46H61N3O11/c1-25(2)24-57-39(55)12-11-34(49-38(54)22-47)41(56)48-28-17-45(18-28)19-31(20-45)58-30-8-5-26(6-9-30)42-59-37-16-33-32-10-7-27-15-29(51)13-14-43(27,3)40(32)35(52)21-44(33,4)46(37,60-42)36(53)23-50/h5-6,8-9,13-15,25,28,31-35,37,40,42,50,52H,7,10-12,16-24,47H2,1-4H3,(H,48,56)(H,49,54)/t28?,31?,32-,33-,34-,35-,37+,40+,42+,43-,44-,45?,46+/m0/s1. The predicted molar refractivity (Wildman–Crippen MR) is 217 cm³/mol. The van der Waals surface area contributed by atoms with Crippen LogP contribution in [0.1, 0.15) is 104 Å². The molecule has 1 spiro atoms. The van der Waals surface area contributed by atoms with Crippen LogP contribution in [0.5, 0.6) is 5.75 Å². The first-order valence-corrected chi connectivity index (χ1v) is 21.8. The SMILES string of the molecule is CC(C)COC(=O)CC[C@H](NC(=O)CN)C(=O)NC1CC2(C1)CC(Oc1ccc([C@@H]3O[C@@H]4C[C@H]5[C@@H]6CCC7=CC(=O)C=C[C@]7(C)[C@H]6[C@@H](O)C[C@]5(C)[C@]4(C(=O)CO)O3)cc1)C2. The molecule has 6 fully saturated rings. The van der Waals surface area contributed by atoms with E-state index < -0.39 is 65.2 Å². The quantitative estimate of drug-likeness (QED) is 0.171. The van der Waals surface area contributed by atoms with E-state index in [0.717, 1.165) is 49.7 Å². The van der Waals surface area contributed by atoms with E-state index in [0.29, 0.717) is 25.2 Å². The van der Waals surface area contributed by atoms with Crippen LogP contribution in [0.25, 0.3) is 0 Å². The number of ether oxygens (including phenoxy) is 4. The second-order valence-corrected chi connectivity index (χ2v) is 19.6. The fraction of sp³-hybridized carbons (Fsp3) is 0.674. The maximum Gasteiger partial charge on any atom is 0.305 e. The molecule has 0 bridgehead atoms. The van der Waals surface area contributed by atoms with Crippen LogP contribution in [0.15, 0.2) is 48.1 Å². The molecule has 1 aromatic rings. The lowest BCUT2D eigenvalue weighted by molar-refractivity contribution is -0.201. The van der Waals surface area contributed by atoms with E-state index in [-0.39, 0.29) is 72.3 Å². The molecule has 2 amide bonds. The third-order valence-electron chi connectivity index (χ3n) is 15.3. The van der Waals surface area contributed by atoms with Gasteiger partial charge in [0.15, 0.2) is 23.5 Å². The topological polar surface area (TPSA) is 213 Å². The minimum Gasteiger partial charge on any atom is -0.490 e. The number of amides is 2. The average Bonchev–Trinajstić information content (AvgIpc) is 3.69. The van der Waals surface area contributed by atoms with Crippen molar-refractivity contribution in [2.24, 2.45) is 45.7 Å². The fourth-order valence-corrected chi connectivity index (χ4v) is 12.6. The van der Waals surface area contributed by atoms with Crippen molar-refractivity contribution in [1.82, 2.24) is 10.6 Å².